The molecule has 2 aliphatic rings. The number of aryl methyl sites for hydroxylation is 1. The summed E-state index contributed by atoms with van der Waals surface area (Å²) in [6, 6.07) is 5.66. The highest BCUT2D eigenvalue weighted by Gasteiger charge is 2.42. The normalized spacial score (nSPS) is 20.6. The van der Waals surface area contributed by atoms with Crippen LogP contribution < -0.4 is 4.74 Å². The molecule has 1 aromatic heterocycles. The number of carbonyl (C=O) groups excluding carboxylic acids is 2. The first-order valence-electron chi connectivity index (χ1n) is 12.3. The average Bonchev–Trinajstić information content (AvgIpc) is 3.37. The predicted molar refractivity (Wildman–Crippen MR) is 126 cm³/mol. The van der Waals surface area contributed by atoms with Gasteiger partial charge in [-0.05, 0) is 24.3 Å². The van der Waals surface area contributed by atoms with Gasteiger partial charge in [0.2, 0.25) is 23.6 Å². The Morgan fingerprint density at radius 2 is 1.78 bits per heavy atom. The Morgan fingerprint density at radius 1 is 1.06 bits per heavy atom. The van der Waals surface area contributed by atoms with Crippen molar-refractivity contribution in [1.29, 1.82) is 0 Å². The van der Waals surface area contributed by atoms with E-state index >= 15 is 0 Å². The second kappa shape index (κ2) is 11.8. The van der Waals surface area contributed by atoms with E-state index in [0.29, 0.717) is 56.8 Å². The van der Waals surface area contributed by atoms with Crippen LogP contribution in [0, 0.1) is 5.82 Å². The summed E-state index contributed by atoms with van der Waals surface area (Å²) in [5.41, 5.74) is -1.03. The molecule has 0 spiro atoms. The van der Waals surface area contributed by atoms with Crippen LogP contribution in [-0.2, 0) is 25.5 Å². The maximum atomic E-state index is 13.3. The van der Waals surface area contributed by atoms with Gasteiger partial charge in [-0.15, -0.1) is 10.2 Å². The molecular formula is C25H33FN4O6. The van der Waals surface area contributed by atoms with Gasteiger partial charge in [0.05, 0.1) is 32.8 Å². The monoisotopic (exact) mass is 504 g/mol. The molecule has 36 heavy (non-hydrogen) atoms. The van der Waals surface area contributed by atoms with Crippen LogP contribution in [-0.4, -0.2) is 90.0 Å². The molecule has 196 valence electrons. The smallest absolute Gasteiger partial charge is 0.225 e. The van der Waals surface area contributed by atoms with Gasteiger partial charge < -0.3 is 28.4 Å². The lowest BCUT2D eigenvalue weighted by Crippen LogP contribution is -2.58. The van der Waals surface area contributed by atoms with E-state index in [1.807, 2.05) is 13.8 Å². The van der Waals surface area contributed by atoms with Crippen LogP contribution in [0.1, 0.15) is 44.4 Å². The molecule has 2 fully saturated rings. The van der Waals surface area contributed by atoms with Crippen molar-refractivity contribution in [2.75, 3.05) is 52.6 Å². The minimum absolute atomic E-state index is 0.0416. The molecule has 0 unspecified atom stereocenters. The molecule has 0 aliphatic carbocycles. The Labute approximate surface area is 209 Å². The van der Waals surface area contributed by atoms with Crippen molar-refractivity contribution in [3.05, 3.63) is 41.9 Å². The van der Waals surface area contributed by atoms with E-state index in [0.717, 1.165) is 0 Å². The number of carbonyl (C=O) groups is 2. The van der Waals surface area contributed by atoms with Crippen LogP contribution in [0.15, 0.2) is 28.7 Å². The first-order chi connectivity index (χ1) is 17.3. The number of amides is 2. The predicted octanol–water partition coefficient (Wildman–Crippen LogP) is 2.19. The lowest BCUT2D eigenvalue weighted by Gasteiger charge is -2.43. The molecule has 11 heteroatoms. The zero-order valence-electron chi connectivity index (χ0n) is 20.8. The van der Waals surface area contributed by atoms with E-state index in [1.165, 1.54) is 24.3 Å². The van der Waals surface area contributed by atoms with Gasteiger partial charge in [0.1, 0.15) is 23.8 Å². The zero-order valence-corrected chi connectivity index (χ0v) is 20.8. The Bertz CT molecular complexity index is 1020. The number of hydrogen-bond acceptors (Lipinski definition) is 8. The fourth-order valence-electron chi connectivity index (χ4n) is 4.22. The number of rotatable bonds is 9. The van der Waals surface area contributed by atoms with E-state index in [9.17, 15) is 14.0 Å². The highest BCUT2D eigenvalue weighted by atomic mass is 19.1. The van der Waals surface area contributed by atoms with Crippen LogP contribution in [0.3, 0.4) is 0 Å². The summed E-state index contributed by atoms with van der Waals surface area (Å²) >= 11 is 0. The minimum Gasteiger partial charge on any atom is -0.490 e. The first kappa shape index (κ1) is 26.0. The van der Waals surface area contributed by atoms with Crippen molar-refractivity contribution in [1.82, 2.24) is 20.0 Å². The van der Waals surface area contributed by atoms with Crippen molar-refractivity contribution in [3.8, 4) is 5.75 Å². The molecule has 2 aliphatic heterocycles. The van der Waals surface area contributed by atoms with Crippen molar-refractivity contribution in [2.45, 2.75) is 44.6 Å². The maximum Gasteiger partial charge on any atom is 0.225 e. The molecule has 0 N–H and O–H groups in total. The summed E-state index contributed by atoms with van der Waals surface area (Å²) in [7, 11) is 0. The summed E-state index contributed by atoms with van der Waals surface area (Å²) in [6.45, 7) is 6.85. The van der Waals surface area contributed by atoms with Crippen LogP contribution in [0.5, 0.6) is 5.75 Å². The van der Waals surface area contributed by atoms with Gasteiger partial charge in [-0.25, -0.2) is 4.39 Å². The first-order valence-corrected chi connectivity index (χ1v) is 12.3. The SMILES string of the molecule is CC(C)c1nnc(CCC(=O)N2CCO[C@@](COc3ccc(F)cc3)(CC(=O)N3CCOCC3)C2)o1. The van der Waals surface area contributed by atoms with Gasteiger partial charge in [0.15, 0.2) is 0 Å². The average molecular weight is 505 g/mol. The second-order valence-electron chi connectivity index (χ2n) is 9.45. The van der Waals surface area contributed by atoms with Gasteiger partial charge in [0, 0.05) is 38.4 Å². The largest absolute Gasteiger partial charge is 0.490 e. The standard InChI is InChI=1S/C25H33FN4O6/c1-18(2)24-28-27-21(36-24)7-8-22(31)30-11-14-35-25(16-30,15-23(32)29-9-12-33-13-10-29)17-34-20-5-3-19(26)4-6-20/h3-6,18H,7-17H2,1-2H3/t25-/m0/s1. The van der Waals surface area contributed by atoms with Crippen molar-refractivity contribution >= 4 is 11.8 Å². The summed E-state index contributed by atoms with van der Waals surface area (Å²) in [5, 5.41) is 8.04. The number of morpholine rings is 2. The fraction of sp³-hybridized carbons (Fsp3) is 0.600. The van der Waals surface area contributed by atoms with Gasteiger partial charge in [-0.3, -0.25) is 9.59 Å². The molecule has 1 aromatic carbocycles. The van der Waals surface area contributed by atoms with Gasteiger partial charge in [-0.2, -0.15) is 0 Å². The highest BCUT2D eigenvalue weighted by Crippen LogP contribution is 2.26. The van der Waals surface area contributed by atoms with E-state index in [4.69, 9.17) is 18.6 Å². The third-order valence-corrected chi connectivity index (χ3v) is 6.28. The molecule has 4 rings (SSSR count). The molecule has 0 radical (unpaired) electrons. The molecular weight excluding hydrogens is 471 g/mol. The van der Waals surface area contributed by atoms with Crippen molar-refractivity contribution in [2.24, 2.45) is 0 Å². The van der Waals surface area contributed by atoms with E-state index in [1.54, 1.807) is 9.80 Å². The molecule has 1 atom stereocenters. The third kappa shape index (κ3) is 6.79. The molecule has 10 nitrogen and oxygen atoms in total. The lowest BCUT2D eigenvalue weighted by molar-refractivity contribution is -0.167. The topological polar surface area (TPSA) is 107 Å². The highest BCUT2D eigenvalue weighted by molar-refractivity contribution is 5.79. The molecule has 2 saturated heterocycles. The Kier molecular flexibility index (Phi) is 8.52. The van der Waals surface area contributed by atoms with Crippen LogP contribution in [0.2, 0.25) is 0 Å². The number of aromatic nitrogens is 2. The Hall–Kier alpha value is -3.05. The lowest BCUT2D eigenvalue weighted by atomic mass is 9.96. The van der Waals surface area contributed by atoms with E-state index in [-0.39, 0.29) is 56.1 Å². The number of nitrogens with zero attached hydrogens (tertiary/aromatic N) is 4. The number of hydrogen-bond donors (Lipinski definition) is 0. The maximum absolute atomic E-state index is 13.3. The molecule has 0 bridgehead atoms. The van der Waals surface area contributed by atoms with E-state index in [2.05, 4.69) is 10.2 Å². The number of benzene rings is 1. The van der Waals surface area contributed by atoms with Crippen LogP contribution >= 0.6 is 0 Å². The van der Waals surface area contributed by atoms with Crippen molar-refractivity contribution < 1.29 is 32.6 Å². The second-order valence-corrected chi connectivity index (χ2v) is 9.45. The number of halogens is 1. The van der Waals surface area contributed by atoms with Gasteiger partial charge >= 0.3 is 0 Å². The molecule has 0 saturated carbocycles. The zero-order chi connectivity index (χ0) is 25.5. The molecule has 3 heterocycles. The van der Waals surface area contributed by atoms with Crippen molar-refractivity contribution in [3.63, 3.8) is 0 Å². The summed E-state index contributed by atoms with van der Waals surface area (Å²) < 4.78 is 36.3. The fourth-order valence-corrected chi connectivity index (χ4v) is 4.22. The molecule has 2 amide bonds. The Morgan fingerprint density at radius 3 is 2.47 bits per heavy atom. The summed E-state index contributed by atoms with van der Waals surface area (Å²) in [5.74, 6) is 1.00. The van der Waals surface area contributed by atoms with Gasteiger partial charge in [-0.1, -0.05) is 13.8 Å². The third-order valence-electron chi connectivity index (χ3n) is 6.28. The van der Waals surface area contributed by atoms with E-state index < -0.39 is 5.60 Å². The summed E-state index contributed by atoms with van der Waals surface area (Å²) in [6.07, 6.45) is 0.590. The van der Waals surface area contributed by atoms with Crippen LogP contribution in [0.4, 0.5) is 4.39 Å². The minimum atomic E-state index is -1.03. The Balaban J connectivity index is 1.43. The van der Waals surface area contributed by atoms with Gasteiger partial charge in [0.25, 0.3) is 0 Å². The molecule has 2 aromatic rings. The van der Waals surface area contributed by atoms with Crippen LogP contribution in [0.25, 0.3) is 0 Å². The summed E-state index contributed by atoms with van der Waals surface area (Å²) in [4.78, 5) is 29.7. The number of ether oxygens (including phenoxy) is 3. The quantitative estimate of drug-likeness (QED) is 0.512.